The van der Waals surface area contributed by atoms with Gasteiger partial charge in [0.05, 0.1) is 11.9 Å². The molecule has 0 saturated carbocycles. The summed E-state index contributed by atoms with van der Waals surface area (Å²) in [5, 5.41) is 6.94. The minimum Gasteiger partial charge on any atom is -0.339 e. The van der Waals surface area contributed by atoms with E-state index in [1.165, 1.54) is 0 Å². The summed E-state index contributed by atoms with van der Waals surface area (Å²) in [5.41, 5.74) is 2.34. The van der Waals surface area contributed by atoms with E-state index >= 15 is 0 Å². The van der Waals surface area contributed by atoms with E-state index in [0.29, 0.717) is 34.7 Å². The quantitative estimate of drug-likeness (QED) is 0.497. The number of fused-ring (bicyclic) bond motifs is 1. The van der Waals surface area contributed by atoms with Gasteiger partial charge in [-0.25, -0.2) is 9.50 Å². The fourth-order valence-corrected chi connectivity index (χ4v) is 2.78. The molecule has 1 fully saturated rings. The van der Waals surface area contributed by atoms with Crippen LogP contribution < -0.4 is 5.32 Å². The maximum absolute atomic E-state index is 12.4. The zero-order chi connectivity index (χ0) is 17.8. The number of anilines is 1. The number of nitrogens with zero attached hydrogens (tertiary/aromatic N) is 4. The molecule has 3 rings (SSSR count). The molecule has 1 aliphatic rings. The number of imidazole rings is 1. The number of nitrogens with one attached hydrogen (secondary N) is 1. The number of likely N-dealkylation sites (tertiary alicyclic amines) is 1. The molecule has 25 heavy (non-hydrogen) atoms. The van der Waals surface area contributed by atoms with Crippen LogP contribution in [0.4, 0.5) is 5.82 Å². The molecule has 1 N–H and O–H groups in total. The molecule has 0 spiro atoms. The molecular weight excluding hydrogens is 318 g/mol. The van der Waals surface area contributed by atoms with Gasteiger partial charge in [-0.15, -0.1) is 0 Å². The van der Waals surface area contributed by atoms with Crippen LogP contribution in [0.1, 0.15) is 18.5 Å². The van der Waals surface area contributed by atoms with E-state index in [2.05, 4.69) is 28.6 Å². The summed E-state index contributed by atoms with van der Waals surface area (Å²) in [4.78, 5) is 28.9. The SMILES string of the molecule is C=C/C(=C\C(=C)C(=O)N1CCCC1)c1ccc2nc(NC=O)cn2n1. The van der Waals surface area contributed by atoms with Gasteiger partial charge in [0.25, 0.3) is 5.91 Å². The second kappa shape index (κ2) is 7.12. The average Bonchev–Trinajstić information content (AvgIpc) is 3.27. The van der Waals surface area contributed by atoms with Gasteiger partial charge >= 0.3 is 0 Å². The van der Waals surface area contributed by atoms with Crippen LogP contribution >= 0.6 is 0 Å². The van der Waals surface area contributed by atoms with E-state index in [9.17, 15) is 9.59 Å². The van der Waals surface area contributed by atoms with Crippen LogP contribution in [0.15, 0.2) is 49.2 Å². The van der Waals surface area contributed by atoms with E-state index in [4.69, 9.17) is 0 Å². The number of carbonyl (C=O) groups excluding carboxylic acids is 2. The summed E-state index contributed by atoms with van der Waals surface area (Å²) < 4.78 is 1.56. The van der Waals surface area contributed by atoms with Gasteiger partial charge in [0.15, 0.2) is 11.5 Å². The summed E-state index contributed by atoms with van der Waals surface area (Å²) >= 11 is 0. The maximum atomic E-state index is 12.4. The highest BCUT2D eigenvalue weighted by Gasteiger charge is 2.19. The molecule has 0 bridgehead atoms. The van der Waals surface area contributed by atoms with Crippen LogP contribution in [0.5, 0.6) is 0 Å². The molecule has 0 atom stereocenters. The molecule has 1 aliphatic heterocycles. The normalized spacial score (nSPS) is 14.6. The van der Waals surface area contributed by atoms with Crippen LogP contribution in [-0.4, -0.2) is 44.9 Å². The van der Waals surface area contributed by atoms with Crippen molar-refractivity contribution in [3.05, 3.63) is 54.9 Å². The van der Waals surface area contributed by atoms with Crippen molar-refractivity contribution >= 4 is 29.4 Å². The average molecular weight is 337 g/mol. The van der Waals surface area contributed by atoms with Crippen molar-refractivity contribution in [2.24, 2.45) is 0 Å². The van der Waals surface area contributed by atoms with Gasteiger partial charge in [0.2, 0.25) is 6.41 Å². The monoisotopic (exact) mass is 337 g/mol. The lowest BCUT2D eigenvalue weighted by Crippen LogP contribution is -2.28. The van der Waals surface area contributed by atoms with Crippen LogP contribution in [0.3, 0.4) is 0 Å². The fourth-order valence-electron chi connectivity index (χ4n) is 2.78. The highest BCUT2D eigenvalue weighted by Crippen LogP contribution is 2.19. The molecule has 3 heterocycles. The number of hydrogen-bond donors (Lipinski definition) is 1. The first-order valence-electron chi connectivity index (χ1n) is 8.01. The third-order valence-corrected chi connectivity index (χ3v) is 4.04. The summed E-state index contributed by atoms with van der Waals surface area (Å²) in [6.45, 7) is 9.25. The second-order valence-corrected chi connectivity index (χ2v) is 5.74. The largest absolute Gasteiger partial charge is 0.339 e. The third kappa shape index (κ3) is 3.50. The first-order valence-corrected chi connectivity index (χ1v) is 8.01. The molecule has 7 nitrogen and oxygen atoms in total. The summed E-state index contributed by atoms with van der Waals surface area (Å²) in [7, 11) is 0. The van der Waals surface area contributed by atoms with E-state index in [0.717, 1.165) is 25.9 Å². The highest BCUT2D eigenvalue weighted by atomic mass is 16.2. The highest BCUT2D eigenvalue weighted by molar-refractivity contribution is 5.98. The minimum absolute atomic E-state index is 0.0574. The smallest absolute Gasteiger partial charge is 0.253 e. The van der Waals surface area contributed by atoms with Crippen molar-refractivity contribution in [1.82, 2.24) is 19.5 Å². The zero-order valence-electron chi connectivity index (χ0n) is 13.8. The Labute approximate surface area is 145 Å². The van der Waals surface area contributed by atoms with E-state index in [1.54, 1.807) is 35.0 Å². The fraction of sp³-hybridized carbons (Fsp3) is 0.222. The summed E-state index contributed by atoms with van der Waals surface area (Å²) in [5.74, 6) is 0.357. The lowest BCUT2D eigenvalue weighted by molar-refractivity contribution is -0.125. The lowest BCUT2D eigenvalue weighted by Gasteiger charge is -2.15. The first kappa shape index (κ1) is 16.6. The van der Waals surface area contributed by atoms with Crippen molar-refractivity contribution in [2.45, 2.75) is 12.8 Å². The predicted octanol–water partition coefficient (Wildman–Crippen LogP) is 2.05. The predicted molar refractivity (Wildman–Crippen MR) is 95.8 cm³/mol. The van der Waals surface area contributed by atoms with Crippen molar-refractivity contribution in [3.8, 4) is 0 Å². The van der Waals surface area contributed by atoms with Crippen LogP contribution in [-0.2, 0) is 9.59 Å². The maximum Gasteiger partial charge on any atom is 0.253 e. The Balaban J connectivity index is 1.87. The molecule has 2 amide bonds. The Bertz CT molecular complexity index is 875. The van der Waals surface area contributed by atoms with Gasteiger partial charge in [-0.3, -0.25) is 9.59 Å². The molecule has 7 heteroatoms. The van der Waals surface area contributed by atoms with Gasteiger partial charge in [0.1, 0.15) is 0 Å². The third-order valence-electron chi connectivity index (χ3n) is 4.04. The van der Waals surface area contributed by atoms with Gasteiger partial charge in [-0.05, 0) is 31.1 Å². The first-order chi connectivity index (χ1) is 12.1. The number of hydrogen-bond acceptors (Lipinski definition) is 4. The van der Waals surface area contributed by atoms with Crippen LogP contribution in [0.25, 0.3) is 11.2 Å². The summed E-state index contributed by atoms with van der Waals surface area (Å²) in [6.07, 6.45) is 7.57. The topological polar surface area (TPSA) is 79.6 Å². The molecule has 1 saturated heterocycles. The molecular formula is C18H19N5O2. The Morgan fingerprint density at radius 1 is 1.28 bits per heavy atom. The van der Waals surface area contributed by atoms with Crippen LogP contribution in [0, 0.1) is 0 Å². The molecule has 0 aliphatic carbocycles. The van der Waals surface area contributed by atoms with Crippen LogP contribution in [0.2, 0.25) is 0 Å². The van der Waals surface area contributed by atoms with Crippen molar-refractivity contribution in [1.29, 1.82) is 0 Å². The van der Waals surface area contributed by atoms with Crippen molar-refractivity contribution in [3.63, 3.8) is 0 Å². The number of carbonyl (C=O) groups is 2. The summed E-state index contributed by atoms with van der Waals surface area (Å²) in [6, 6.07) is 3.56. The van der Waals surface area contributed by atoms with E-state index in [-0.39, 0.29) is 5.91 Å². The Hall–Kier alpha value is -3.22. The van der Waals surface area contributed by atoms with Crippen molar-refractivity contribution < 1.29 is 9.59 Å². The van der Waals surface area contributed by atoms with Gasteiger partial charge in [-0.1, -0.05) is 19.2 Å². The van der Waals surface area contributed by atoms with Crippen molar-refractivity contribution in [2.75, 3.05) is 18.4 Å². The minimum atomic E-state index is -0.0574. The molecule has 0 unspecified atom stereocenters. The Morgan fingerprint density at radius 3 is 2.72 bits per heavy atom. The van der Waals surface area contributed by atoms with Gasteiger partial charge < -0.3 is 10.2 Å². The molecule has 0 radical (unpaired) electrons. The molecule has 0 aromatic carbocycles. The Morgan fingerprint density at radius 2 is 2.04 bits per heavy atom. The molecule has 2 aromatic rings. The second-order valence-electron chi connectivity index (χ2n) is 5.74. The van der Waals surface area contributed by atoms with Gasteiger partial charge in [0, 0.05) is 24.2 Å². The molecule has 2 aromatic heterocycles. The van der Waals surface area contributed by atoms with Gasteiger partial charge in [-0.2, -0.15) is 5.10 Å². The number of rotatable bonds is 6. The number of amides is 2. The van der Waals surface area contributed by atoms with E-state index in [1.807, 2.05) is 4.90 Å². The Kier molecular flexibility index (Phi) is 4.74. The lowest BCUT2D eigenvalue weighted by atomic mass is 10.1. The number of aromatic nitrogens is 3. The number of allylic oxidation sites excluding steroid dienone is 2. The standard InChI is InChI=1S/C18H19N5O2/c1-3-14(10-13(2)18(25)22-8-4-5-9-22)15-6-7-17-20-16(19-12-24)11-23(17)21-15/h3,6-7,10-12H,1-2,4-5,8-9H2,(H,19,24)/b14-10+. The zero-order valence-corrected chi connectivity index (χ0v) is 13.8. The molecule has 128 valence electrons. The van der Waals surface area contributed by atoms with E-state index < -0.39 is 0 Å².